The number of carbonyl (C=O) groups excluding carboxylic acids is 1. The molecule has 4 aliphatic rings. The molecule has 1 spiro atoms. The summed E-state index contributed by atoms with van der Waals surface area (Å²) in [6, 6.07) is 8.50. The highest BCUT2D eigenvalue weighted by Crippen LogP contribution is 2.52. The van der Waals surface area contributed by atoms with Gasteiger partial charge in [-0.15, -0.1) is 0 Å². The third-order valence-corrected chi connectivity index (χ3v) is 11.2. The molecule has 1 aromatic carbocycles. The van der Waals surface area contributed by atoms with E-state index >= 15 is 0 Å². The Morgan fingerprint density at radius 2 is 1.90 bits per heavy atom. The zero-order chi connectivity index (χ0) is 35.8. The molecule has 1 aliphatic carbocycles. The van der Waals surface area contributed by atoms with Crippen molar-refractivity contribution in [3.8, 4) is 23.3 Å². The van der Waals surface area contributed by atoms with Crippen LogP contribution in [0.5, 0.6) is 17.2 Å². The monoisotopic (exact) mass is 696 g/mol. The lowest BCUT2D eigenvalue weighted by Gasteiger charge is -2.59. The van der Waals surface area contributed by atoms with Gasteiger partial charge in [-0.1, -0.05) is 0 Å². The summed E-state index contributed by atoms with van der Waals surface area (Å²) in [6.45, 7) is 15.8. The van der Waals surface area contributed by atoms with Gasteiger partial charge < -0.3 is 24.2 Å². The van der Waals surface area contributed by atoms with Crippen LogP contribution >= 0.6 is 0 Å². The van der Waals surface area contributed by atoms with E-state index in [0.29, 0.717) is 18.1 Å². The zero-order valence-electron chi connectivity index (χ0n) is 30.3. The molecule has 51 heavy (non-hydrogen) atoms. The van der Waals surface area contributed by atoms with E-state index in [1.165, 1.54) is 30.1 Å². The van der Waals surface area contributed by atoms with E-state index in [9.17, 15) is 14.4 Å². The van der Waals surface area contributed by atoms with Gasteiger partial charge in [-0.05, 0) is 97.3 Å². The molecule has 1 unspecified atom stereocenters. The van der Waals surface area contributed by atoms with Crippen LogP contribution in [0, 0.1) is 28.0 Å². The Balaban J connectivity index is 0.936. The van der Waals surface area contributed by atoms with Gasteiger partial charge in [0.05, 0.1) is 23.2 Å². The van der Waals surface area contributed by atoms with Gasteiger partial charge in [-0.3, -0.25) is 14.7 Å². The second-order valence-corrected chi connectivity index (χ2v) is 15.5. The predicted molar refractivity (Wildman–Crippen MR) is 191 cm³/mol. The Morgan fingerprint density at radius 1 is 1.10 bits per heavy atom. The van der Waals surface area contributed by atoms with Crippen LogP contribution in [-0.4, -0.2) is 100 Å². The van der Waals surface area contributed by atoms with E-state index in [1.807, 2.05) is 33.0 Å². The Labute approximate surface area is 300 Å². The Hall–Kier alpha value is -4.34. The molecule has 5 heterocycles. The van der Waals surface area contributed by atoms with Crippen LogP contribution in [0.4, 0.5) is 10.2 Å². The number of likely N-dealkylation sites (tertiary alicyclic amines) is 1. The van der Waals surface area contributed by atoms with Crippen LogP contribution in [0.1, 0.15) is 75.0 Å². The normalized spacial score (nSPS) is 21.5. The molecule has 0 N–H and O–H groups in total. The molecule has 2 saturated heterocycles. The number of hydrogen-bond donors (Lipinski definition) is 0. The maximum atomic E-state index is 14.3. The third kappa shape index (κ3) is 7.37. The van der Waals surface area contributed by atoms with Gasteiger partial charge in [0, 0.05) is 74.6 Å². The molecular formula is C39H49FN8O3. The van der Waals surface area contributed by atoms with E-state index in [-0.39, 0.29) is 40.2 Å². The number of nitriles is 1. The molecule has 2 aromatic heterocycles. The first-order valence-electron chi connectivity index (χ1n) is 18.4. The lowest BCUT2D eigenvalue weighted by atomic mass is 9.61. The van der Waals surface area contributed by atoms with E-state index in [4.69, 9.17) is 14.5 Å². The van der Waals surface area contributed by atoms with Crippen molar-refractivity contribution in [3.05, 3.63) is 65.6 Å². The lowest BCUT2D eigenvalue weighted by Crippen LogP contribution is -2.65. The van der Waals surface area contributed by atoms with Crippen molar-refractivity contribution < 1.29 is 18.7 Å². The summed E-state index contributed by atoms with van der Waals surface area (Å²) in [4.78, 5) is 35.6. The number of ether oxygens (including phenoxy) is 2. The molecule has 3 fully saturated rings. The van der Waals surface area contributed by atoms with Crippen LogP contribution < -0.4 is 14.4 Å². The highest BCUT2D eigenvalue weighted by Gasteiger charge is 2.54. The summed E-state index contributed by atoms with van der Waals surface area (Å²) >= 11 is 0. The van der Waals surface area contributed by atoms with Crippen molar-refractivity contribution >= 4 is 11.7 Å². The summed E-state index contributed by atoms with van der Waals surface area (Å²) in [5, 5.41) is 9.46. The van der Waals surface area contributed by atoms with Crippen LogP contribution in [-0.2, 0) is 13.0 Å². The number of carbonyl (C=O) groups is 1. The fourth-order valence-corrected chi connectivity index (χ4v) is 8.36. The fourth-order valence-electron chi connectivity index (χ4n) is 8.36. The Bertz CT molecular complexity index is 1780. The topological polar surface area (TPSA) is 111 Å². The first-order chi connectivity index (χ1) is 24.6. The molecule has 7 rings (SSSR count). The van der Waals surface area contributed by atoms with Crippen LogP contribution in [0.25, 0.3) is 0 Å². The molecule has 3 aliphatic heterocycles. The fraction of sp³-hybridized carbons (Fsp3) is 0.564. The summed E-state index contributed by atoms with van der Waals surface area (Å²) < 4.78 is 27.2. The van der Waals surface area contributed by atoms with Crippen molar-refractivity contribution in [2.24, 2.45) is 10.8 Å². The molecule has 0 radical (unpaired) electrons. The average molecular weight is 697 g/mol. The number of pyridine rings is 1. The first kappa shape index (κ1) is 35.1. The molecule has 11 nitrogen and oxygen atoms in total. The van der Waals surface area contributed by atoms with Gasteiger partial charge in [0.25, 0.3) is 5.91 Å². The number of fused-ring (bicyclic) bond motifs is 1. The number of anilines is 1. The number of aromatic nitrogens is 3. The number of amides is 1. The van der Waals surface area contributed by atoms with E-state index in [1.54, 1.807) is 11.1 Å². The molecule has 3 aromatic rings. The quantitative estimate of drug-likeness (QED) is 0.234. The Kier molecular flexibility index (Phi) is 9.87. The number of benzene rings is 1. The van der Waals surface area contributed by atoms with Gasteiger partial charge in [0.15, 0.2) is 11.6 Å². The van der Waals surface area contributed by atoms with E-state index in [2.05, 4.69) is 37.7 Å². The van der Waals surface area contributed by atoms with Crippen LogP contribution in [0.15, 0.2) is 43.0 Å². The summed E-state index contributed by atoms with van der Waals surface area (Å²) in [6.07, 6.45) is 10.0. The van der Waals surface area contributed by atoms with Crippen molar-refractivity contribution in [1.82, 2.24) is 29.7 Å². The molecule has 12 heteroatoms. The summed E-state index contributed by atoms with van der Waals surface area (Å²) in [7, 11) is 0. The van der Waals surface area contributed by atoms with Gasteiger partial charge in [-0.2, -0.15) is 5.26 Å². The molecule has 270 valence electrons. The second kappa shape index (κ2) is 14.4. The van der Waals surface area contributed by atoms with Gasteiger partial charge >= 0.3 is 0 Å². The molecule has 1 saturated carbocycles. The SMILES string of the molecule is CCN(C(=O)c1cc(F)ccc1Oc1cncnc1N1CC2(CC(Oc3ccnc4c3CN(CCCN3CCC(C)(C#N)C3)CC4)C2)C1)C(C)C. The minimum Gasteiger partial charge on any atom is -0.490 e. The second-order valence-electron chi connectivity index (χ2n) is 15.5. The third-order valence-electron chi connectivity index (χ3n) is 11.2. The van der Waals surface area contributed by atoms with Crippen molar-refractivity contribution in [2.75, 3.05) is 57.3 Å². The molecule has 0 bridgehead atoms. The smallest absolute Gasteiger partial charge is 0.257 e. The van der Waals surface area contributed by atoms with Crippen molar-refractivity contribution in [2.45, 2.75) is 78.5 Å². The largest absolute Gasteiger partial charge is 0.490 e. The number of nitrogens with zero attached hydrogens (tertiary/aromatic N) is 8. The molecular weight excluding hydrogens is 647 g/mol. The number of hydrogen-bond acceptors (Lipinski definition) is 10. The highest BCUT2D eigenvalue weighted by atomic mass is 19.1. The molecule has 1 atom stereocenters. The van der Waals surface area contributed by atoms with Gasteiger partial charge in [-0.25, -0.2) is 14.4 Å². The maximum absolute atomic E-state index is 14.3. The van der Waals surface area contributed by atoms with Crippen molar-refractivity contribution in [1.29, 1.82) is 5.26 Å². The first-order valence-corrected chi connectivity index (χ1v) is 18.4. The van der Waals surface area contributed by atoms with Gasteiger partial charge in [0.1, 0.15) is 29.7 Å². The lowest BCUT2D eigenvalue weighted by molar-refractivity contribution is -0.0352. The van der Waals surface area contributed by atoms with E-state index in [0.717, 1.165) is 95.9 Å². The van der Waals surface area contributed by atoms with Crippen molar-refractivity contribution in [3.63, 3.8) is 0 Å². The maximum Gasteiger partial charge on any atom is 0.257 e. The van der Waals surface area contributed by atoms with Crippen LogP contribution in [0.2, 0.25) is 0 Å². The van der Waals surface area contributed by atoms with Crippen LogP contribution in [0.3, 0.4) is 0 Å². The zero-order valence-corrected chi connectivity index (χ0v) is 30.3. The minimum atomic E-state index is -0.496. The number of halogens is 1. The standard InChI is InChI=1S/C39H49FN8O3/c1-5-48(27(2)3)37(49)30-17-28(40)7-8-33(30)51-35-20-42-26-44-36(35)47-24-39(25-47)18-29(19-39)50-34-9-12-43-32-10-15-45(21-31(32)34)13-6-14-46-16-11-38(4,22-41)23-46/h7-9,12,17,20,26-27,29H,5-6,10-11,13-16,18-19,21,23-25H2,1-4H3. The molecule has 1 amide bonds. The van der Waals surface area contributed by atoms with Gasteiger partial charge in [0.2, 0.25) is 0 Å². The average Bonchev–Trinajstić information content (AvgIpc) is 3.47. The highest BCUT2D eigenvalue weighted by molar-refractivity contribution is 5.97. The Morgan fingerprint density at radius 3 is 2.65 bits per heavy atom. The predicted octanol–water partition coefficient (Wildman–Crippen LogP) is 5.71. The summed E-state index contributed by atoms with van der Waals surface area (Å²) in [5.41, 5.74) is 2.49. The summed E-state index contributed by atoms with van der Waals surface area (Å²) in [5.74, 6) is 1.55. The van der Waals surface area contributed by atoms with E-state index < -0.39 is 5.82 Å². The number of rotatable bonds is 12. The minimum absolute atomic E-state index is 0.0419.